The number of carbonyl (C=O) groups is 2. The maximum atomic E-state index is 12.3. The normalized spacial score (nSPS) is 11.6. The highest BCUT2D eigenvalue weighted by molar-refractivity contribution is 6.36. The zero-order valence-corrected chi connectivity index (χ0v) is 13.9. The Morgan fingerprint density at radius 3 is 2.48 bits per heavy atom. The van der Waals surface area contributed by atoms with E-state index in [1.165, 1.54) is 0 Å². The Bertz CT molecular complexity index is 701. The highest BCUT2D eigenvalue weighted by Gasteiger charge is 2.19. The van der Waals surface area contributed by atoms with Crippen LogP contribution in [-0.2, 0) is 4.79 Å². The number of ether oxygens (including phenoxy) is 1. The second-order valence-electron chi connectivity index (χ2n) is 4.82. The van der Waals surface area contributed by atoms with E-state index in [2.05, 4.69) is 5.32 Å². The minimum absolute atomic E-state index is 0.309. The quantitative estimate of drug-likeness (QED) is 0.773. The summed E-state index contributed by atoms with van der Waals surface area (Å²) in [6, 6.07) is 11.4. The molecule has 0 saturated heterocycles. The van der Waals surface area contributed by atoms with E-state index in [9.17, 15) is 9.59 Å². The molecule has 0 bridgehead atoms. The first-order valence-electron chi connectivity index (χ1n) is 7.01. The lowest BCUT2D eigenvalue weighted by Gasteiger charge is -2.18. The monoisotopic (exact) mass is 351 g/mol. The molecule has 0 radical (unpaired) electrons. The standard InChI is InChI=1S/C17H15Cl2NO3/c1-2-16(23-13-6-3-11(10-21)4-7-13)17(22)20-15-8-5-12(18)9-14(15)19/h3-10,16H,2H2,1H3,(H,20,22). The number of carbonyl (C=O) groups excluding carboxylic acids is 2. The van der Waals surface area contributed by atoms with Crippen molar-refractivity contribution in [3.63, 3.8) is 0 Å². The van der Waals surface area contributed by atoms with Crippen molar-refractivity contribution in [1.82, 2.24) is 0 Å². The Balaban J connectivity index is 2.06. The smallest absolute Gasteiger partial charge is 0.265 e. The van der Waals surface area contributed by atoms with Crippen LogP contribution in [0.4, 0.5) is 5.69 Å². The first-order valence-corrected chi connectivity index (χ1v) is 7.77. The van der Waals surface area contributed by atoms with Crippen LogP contribution in [0.25, 0.3) is 0 Å². The summed E-state index contributed by atoms with van der Waals surface area (Å²) < 4.78 is 5.66. The van der Waals surface area contributed by atoms with Crippen LogP contribution in [0.2, 0.25) is 10.0 Å². The fourth-order valence-corrected chi connectivity index (χ4v) is 2.37. The van der Waals surface area contributed by atoms with E-state index < -0.39 is 6.10 Å². The third kappa shape index (κ3) is 4.71. The summed E-state index contributed by atoms with van der Waals surface area (Å²) in [4.78, 5) is 23.0. The molecule has 1 atom stereocenters. The molecule has 6 heteroatoms. The third-order valence-corrected chi connectivity index (χ3v) is 3.69. The maximum Gasteiger partial charge on any atom is 0.265 e. The van der Waals surface area contributed by atoms with Crippen LogP contribution >= 0.6 is 23.2 Å². The van der Waals surface area contributed by atoms with Crippen molar-refractivity contribution in [2.45, 2.75) is 19.4 Å². The Kier molecular flexibility index (Phi) is 6.02. The van der Waals surface area contributed by atoms with Gasteiger partial charge in [-0.3, -0.25) is 9.59 Å². The van der Waals surface area contributed by atoms with E-state index in [1.807, 2.05) is 6.92 Å². The lowest BCUT2D eigenvalue weighted by Crippen LogP contribution is -2.32. The summed E-state index contributed by atoms with van der Waals surface area (Å²) in [6.07, 6.45) is 0.548. The predicted octanol–water partition coefficient (Wildman–Crippen LogP) is 4.60. The lowest BCUT2D eigenvalue weighted by atomic mass is 10.2. The third-order valence-electron chi connectivity index (χ3n) is 3.15. The number of halogens is 2. The van der Waals surface area contributed by atoms with Crippen molar-refractivity contribution in [1.29, 1.82) is 0 Å². The highest BCUT2D eigenvalue weighted by Crippen LogP contribution is 2.26. The van der Waals surface area contributed by atoms with Gasteiger partial charge >= 0.3 is 0 Å². The average molecular weight is 352 g/mol. The second kappa shape index (κ2) is 7.99. The number of amides is 1. The molecule has 0 heterocycles. The molecule has 0 saturated carbocycles. The molecule has 23 heavy (non-hydrogen) atoms. The van der Waals surface area contributed by atoms with Gasteiger partial charge in [-0.25, -0.2) is 0 Å². The number of hydrogen-bond donors (Lipinski definition) is 1. The van der Waals surface area contributed by atoms with Gasteiger partial charge in [0.1, 0.15) is 12.0 Å². The summed E-state index contributed by atoms with van der Waals surface area (Å²) in [6.45, 7) is 1.84. The molecule has 1 N–H and O–H groups in total. The van der Waals surface area contributed by atoms with E-state index in [1.54, 1.807) is 42.5 Å². The lowest BCUT2D eigenvalue weighted by molar-refractivity contribution is -0.122. The van der Waals surface area contributed by atoms with Gasteiger partial charge in [0.2, 0.25) is 0 Å². The van der Waals surface area contributed by atoms with Crippen molar-refractivity contribution < 1.29 is 14.3 Å². The topological polar surface area (TPSA) is 55.4 Å². The number of hydrogen-bond acceptors (Lipinski definition) is 3. The summed E-state index contributed by atoms with van der Waals surface area (Å²) >= 11 is 11.9. The molecule has 1 amide bonds. The van der Waals surface area contributed by atoms with E-state index in [0.717, 1.165) is 6.29 Å². The molecule has 0 aliphatic heterocycles. The molecular formula is C17H15Cl2NO3. The first kappa shape index (κ1) is 17.3. The fourth-order valence-electron chi connectivity index (χ4n) is 1.92. The van der Waals surface area contributed by atoms with Gasteiger partial charge in [-0.15, -0.1) is 0 Å². The fraction of sp³-hybridized carbons (Fsp3) is 0.176. The zero-order chi connectivity index (χ0) is 16.8. The molecule has 4 nitrogen and oxygen atoms in total. The van der Waals surface area contributed by atoms with Crippen LogP contribution in [0, 0.1) is 0 Å². The summed E-state index contributed by atoms with van der Waals surface area (Å²) in [5.41, 5.74) is 1.02. The van der Waals surface area contributed by atoms with Crippen molar-refractivity contribution in [3.8, 4) is 5.75 Å². The van der Waals surface area contributed by atoms with E-state index in [0.29, 0.717) is 33.5 Å². The van der Waals surface area contributed by atoms with Crippen LogP contribution in [-0.4, -0.2) is 18.3 Å². The van der Waals surface area contributed by atoms with Gasteiger partial charge in [-0.05, 0) is 48.9 Å². The summed E-state index contributed by atoms with van der Waals surface area (Å²) in [5.74, 6) is 0.205. The molecule has 2 rings (SSSR count). The van der Waals surface area contributed by atoms with E-state index in [4.69, 9.17) is 27.9 Å². The summed E-state index contributed by atoms with van der Waals surface area (Å²) in [5, 5.41) is 3.57. The molecule has 1 unspecified atom stereocenters. The minimum atomic E-state index is -0.677. The molecule has 120 valence electrons. The molecular weight excluding hydrogens is 337 g/mol. The summed E-state index contributed by atoms with van der Waals surface area (Å²) in [7, 11) is 0. The molecule has 0 aliphatic carbocycles. The Morgan fingerprint density at radius 1 is 1.22 bits per heavy atom. The first-order chi connectivity index (χ1) is 11.0. The Morgan fingerprint density at radius 2 is 1.91 bits per heavy atom. The van der Waals surface area contributed by atoms with Gasteiger partial charge in [0.25, 0.3) is 5.91 Å². The van der Waals surface area contributed by atoms with Crippen LogP contribution in [0.3, 0.4) is 0 Å². The van der Waals surface area contributed by atoms with Gasteiger partial charge < -0.3 is 10.1 Å². The van der Waals surface area contributed by atoms with Gasteiger partial charge in [-0.2, -0.15) is 0 Å². The molecule has 2 aromatic rings. The second-order valence-corrected chi connectivity index (χ2v) is 5.66. The minimum Gasteiger partial charge on any atom is -0.481 e. The van der Waals surface area contributed by atoms with Crippen LogP contribution < -0.4 is 10.1 Å². The Labute approximate surface area is 144 Å². The zero-order valence-electron chi connectivity index (χ0n) is 12.4. The largest absolute Gasteiger partial charge is 0.481 e. The van der Waals surface area contributed by atoms with Gasteiger partial charge in [0.15, 0.2) is 6.10 Å². The molecule has 0 aliphatic rings. The maximum absolute atomic E-state index is 12.3. The number of benzene rings is 2. The number of rotatable bonds is 6. The molecule has 2 aromatic carbocycles. The van der Waals surface area contributed by atoms with E-state index in [-0.39, 0.29) is 5.91 Å². The molecule has 0 spiro atoms. The van der Waals surface area contributed by atoms with Gasteiger partial charge in [-0.1, -0.05) is 30.1 Å². The molecule has 0 fully saturated rings. The van der Waals surface area contributed by atoms with Crippen molar-refractivity contribution in [2.75, 3.05) is 5.32 Å². The highest BCUT2D eigenvalue weighted by atomic mass is 35.5. The number of anilines is 1. The number of nitrogens with one attached hydrogen (secondary N) is 1. The van der Waals surface area contributed by atoms with E-state index >= 15 is 0 Å². The van der Waals surface area contributed by atoms with Gasteiger partial charge in [0, 0.05) is 10.6 Å². The van der Waals surface area contributed by atoms with Crippen molar-refractivity contribution in [3.05, 3.63) is 58.1 Å². The van der Waals surface area contributed by atoms with Crippen molar-refractivity contribution >= 4 is 41.1 Å². The van der Waals surface area contributed by atoms with Gasteiger partial charge in [0.05, 0.1) is 10.7 Å². The van der Waals surface area contributed by atoms with Crippen LogP contribution in [0.15, 0.2) is 42.5 Å². The average Bonchev–Trinajstić information content (AvgIpc) is 2.55. The number of aldehydes is 1. The Hall–Kier alpha value is -2.04. The van der Waals surface area contributed by atoms with Crippen LogP contribution in [0.1, 0.15) is 23.7 Å². The predicted molar refractivity (Wildman–Crippen MR) is 91.6 cm³/mol. The van der Waals surface area contributed by atoms with Crippen molar-refractivity contribution in [2.24, 2.45) is 0 Å². The van der Waals surface area contributed by atoms with Crippen LogP contribution in [0.5, 0.6) is 5.75 Å². The molecule has 0 aromatic heterocycles. The SMILES string of the molecule is CCC(Oc1ccc(C=O)cc1)C(=O)Nc1ccc(Cl)cc1Cl.